The lowest BCUT2D eigenvalue weighted by Gasteiger charge is -2.25. The number of methoxy groups -OCH3 is 1. The first-order valence-electron chi connectivity index (χ1n) is 11.0. The Morgan fingerprint density at radius 3 is 2.45 bits per heavy atom. The molecule has 0 saturated carbocycles. The van der Waals surface area contributed by atoms with Crippen LogP contribution in [0.2, 0.25) is 0 Å². The van der Waals surface area contributed by atoms with Crippen molar-refractivity contribution in [2.75, 3.05) is 44.7 Å². The minimum Gasteiger partial charge on any atom is -0.497 e. The highest BCUT2D eigenvalue weighted by molar-refractivity contribution is 5.89. The highest BCUT2D eigenvalue weighted by Gasteiger charge is 2.36. The van der Waals surface area contributed by atoms with Gasteiger partial charge in [-0.1, -0.05) is 29.8 Å². The minimum atomic E-state index is -0.231. The number of amides is 2. The van der Waals surface area contributed by atoms with Crippen molar-refractivity contribution in [1.82, 2.24) is 9.80 Å². The van der Waals surface area contributed by atoms with Gasteiger partial charge in [-0.05, 0) is 43.2 Å². The molecule has 4 rings (SSSR count). The zero-order chi connectivity index (χ0) is 21.8. The third-order valence-electron chi connectivity index (χ3n) is 6.30. The molecule has 0 spiro atoms. The third kappa shape index (κ3) is 5.01. The first-order valence-corrected chi connectivity index (χ1v) is 11.0. The molecule has 6 nitrogen and oxygen atoms in total. The summed E-state index contributed by atoms with van der Waals surface area (Å²) in [5, 5.41) is 0. The zero-order valence-corrected chi connectivity index (χ0v) is 18.4. The van der Waals surface area contributed by atoms with Gasteiger partial charge >= 0.3 is 0 Å². The van der Waals surface area contributed by atoms with E-state index in [9.17, 15) is 9.59 Å². The Balaban J connectivity index is 1.33. The van der Waals surface area contributed by atoms with Crippen LogP contribution in [0.15, 0.2) is 48.5 Å². The summed E-state index contributed by atoms with van der Waals surface area (Å²) in [6.07, 6.45) is 1.24. The van der Waals surface area contributed by atoms with Crippen molar-refractivity contribution in [2.24, 2.45) is 5.92 Å². The molecular weight excluding hydrogens is 390 g/mol. The fourth-order valence-electron chi connectivity index (χ4n) is 4.45. The molecule has 6 heteroatoms. The van der Waals surface area contributed by atoms with Gasteiger partial charge in [-0.2, -0.15) is 0 Å². The van der Waals surface area contributed by atoms with E-state index in [0.29, 0.717) is 26.1 Å². The average Bonchev–Trinajstić information content (AvgIpc) is 2.99. The van der Waals surface area contributed by atoms with Gasteiger partial charge in [0.25, 0.3) is 0 Å². The van der Waals surface area contributed by atoms with E-state index in [1.165, 1.54) is 5.56 Å². The fourth-order valence-corrected chi connectivity index (χ4v) is 4.45. The Kier molecular flexibility index (Phi) is 6.44. The third-order valence-corrected chi connectivity index (χ3v) is 6.30. The number of anilines is 1. The molecule has 2 amide bonds. The maximum absolute atomic E-state index is 13.2. The zero-order valence-electron chi connectivity index (χ0n) is 18.4. The number of benzene rings is 2. The summed E-state index contributed by atoms with van der Waals surface area (Å²) in [6, 6.07) is 16.3. The maximum Gasteiger partial charge on any atom is 0.228 e. The molecule has 2 heterocycles. The number of ether oxygens (including phenoxy) is 1. The lowest BCUT2D eigenvalue weighted by molar-refractivity contribution is -0.135. The van der Waals surface area contributed by atoms with Crippen molar-refractivity contribution in [3.63, 3.8) is 0 Å². The van der Waals surface area contributed by atoms with Gasteiger partial charge in [0, 0.05) is 51.4 Å². The number of likely N-dealkylation sites (tertiary alicyclic amines) is 1. The van der Waals surface area contributed by atoms with Crippen LogP contribution in [-0.4, -0.2) is 61.4 Å². The summed E-state index contributed by atoms with van der Waals surface area (Å²) in [6.45, 7) is 6.29. The number of aryl methyl sites for hydroxylation is 1. The molecule has 2 fully saturated rings. The number of hydrogen-bond donors (Lipinski definition) is 0. The van der Waals surface area contributed by atoms with Gasteiger partial charge in [0.1, 0.15) is 5.75 Å². The van der Waals surface area contributed by atoms with E-state index in [2.05, 4.69) is 48.2 Å². The van der Waals surface area contributed by atoms with E-state index in [1.54, 1.807) is 7.11 Å². The minimum absolute atomic E-state index is 0.0774. The fraction of sp³-hybridized carbons (Fsp3) is 0.440. The second-order valence-electron chi connectivity index (χ2n) is 8.52. The van der Waals surface area contributed by atoms with Gasteiger partial charge < -0.3 is 19.4 Å². The van der Waals surface area contributed by atoms with Crippen LogP contribution in [-0.2, 0) is 16.1 Å². The molecule has 1 unspecified atom stereocenters. The van der Waals surface area contributed by atoms with Crippen LogP contribution >= 0.6 is 0 Å². The van der Waals surface area contributed by atoms with Gasteiger partial charge in [0.2, 0.25) is 11.8 Å². The van der Waals surface area contributed by atoms with Gasteiger partial charge in [0.05, 0.1) is 13.0 Å². The van der Waals surface area contributed by atoms with Crippen LogP contribution in [0.5, 0.6) is 5.75 Å². The van der Waals surface area contributed by atoms with Crippen molar-refractivity contribution in [3.05, 3.63) is 59.7 Å². The lowest BCUT2D eigenvalue weighted by Crippen LogP contribution is -2.40. The quantitative estimate of drug-likeness (QED) is 0.745. The van der Waals surface area contributed by atoms with Gasteiger partial charge in [-0.3, -0.25) is 9.59 Å². The largest absolute Gasteiger partial charge is 0.497 e. The number of nitrogens with zero attached hydrogens (tertiary/aromatic N) is 3. The molecule has 2 aliphatic heterocycles. The number of carbonyl (C=O) groups is 2. The second-order valence-corrected chi connectivity index (χ2v) is 8.52. The highest BCUT2D eigenvalue weighted by Crippen LogP contribution is 2.24. The van der Waals surface area contributed by atoms with Crippen molar-refractivity contribution < 1.29 is 14.3 Å². The van der Waals surface area contributed by atoms with E-state index >= 15 is 0 Å². The molecular formula is C25H31N3O3. The number of rotatable bonds is 5. The Morgan fingerprint density at radius 1 is 1.00 bits per heavy atom. The van der Waals surface area contributed by atoms with Crippen LogP contribution in [0.1, 0.15) is 24.0 Å². The number of carbonyl (C=O) groups excluding carboxylic acids is 2. The summed E-state index contributed by atoms with van der Waals surface area (Å²) >= 11 is 0. The van der Waals surface area contributed by atoms with Crippen molar-refractivity contribution >= 4 is 17.5 Å². The molecule has 164 valence electrons. The van der Waals surface area contributed by atoms with Crippen molar-refractivity contribution in [3.8, 4) is 5.75 Å². The van der Waals surface area contributed by atoms with E-state index in [-0.39, 0.29) is 17.7 Å². The monoisotopic (exact) mass is 421 g/mol. The van der Waals surface area contributed by atoms with Crippen LogP contribution in [0.4, 0.5) is 5.69 Å². The molecule has 2 aliphatic rings. The number of hydrogen-bond acceptors (Lipinski definition) is 4. The molecule has 0 N–H and O–H groups in total. The molecule has 31 heavy (non-hydrogen) atoms. The summed E-state index contributed by atoms with van der Waals surface area (Å²) in [5.41, 5.74) is 3.46. The van der Waals surface area contributed by atoms with Gasteiger partial charge in [0.15, 0.2) is 0 Å². The summed E-state index contributed by atoms with van der Waals surface area (Å²) in [7, 11) is 1.67. The molecule has 0 aliphatic carbocycles. The molecule has 2 saturated heterocycles. The first kappa shape index (κ1) is 21.2. The summed E-state index contributed by atoms with van der Waals surface area (Å²) in [5.74, 6) is 0.812. The molecule has 0 bridgehead atoms. The molecule has 2 aromatic rings. The predicted octanol–water partition coefficient (Wildman–Crippen LogP) is 3.09. The average molecular weight is 422 g/mol. The van der Waals surface area contributed by atoms with E-state index < -0.39 is 0 Å². The topological polar surface area (TPSA) is 53.1 Å². The molecule has 2 aromatic carbocycles. The van der Waals surface area contributed by atoms with E-state index in [1.807, 2.05) is 21.9 Å². The summed E-state index contributed by atoms with van der Waals surface area (Å²) < 4.78 is 5.24. The lowest BCUT2D eigenvalue weighted by atomic mass is 10.1. The normalized spacial score (nSPS) is 19.5. The molecule has 0 radical (unpaired) electrons. The Morgan fingerprint density at radius 2 is 1.74 bits per heavy atom. The second kappa shape index (κ2) is 9.41. The molecule has 0 aromatic heterocycles. The van der Waals surface area contributed by atoms with E-state index in [0.717, 1.165) is 43.1 Å². The van der Waals surface area contributed by atoms with Crippen molar-refractivity contribution in [1.29, 1.82) is 0 Å². The Labute approximate surface area is 184 Å². The van der Waals surface area contributed by atoms with E-state index in [4.69, 9.17) is 4.74 Å². The van der Waals surface area contributed by atoms with Crippen LogP contribution < -0.4 is 9.64 Å². The van der Waals surface area contributed by atoms with Gasteiger partial charge in [-0.25, -0.2) is 0 Å². The van der Waals surface area contributed by atoms with Gasteiger partial charge in [-0.15, -0.1) is 0 Å². The maximum atomic E-state index is 13.2. The smallest absolute Gasteiger partial charge is 0.228 e. The Bertz CT molecular complexity index is 911. The van der Waals surface area contributed by atoms with Crippen LogP contribution in [0, 0.1) is 12.8 Å². The highest BCUT2D eigenvalue weighted by atomic mass is 16.5. The van der Waals surface area contributed by atoms with Crippen LogP contribution in [0.25, 0.3) is 0 Å². The Hall–Kier alpha value is -3.02. The summed E-state index contributed by atoms with van der Waals surface area (Å²) in [4.78, 5) is 31.8. The standard InChI is InChI=1S/C25H31N3O3/c1-19-4-6-20(7-5-19)17-28-18-21(16-24(28)29)25(30)27-13-3-12-26(14-15-27)22-8-10-23(31-2)11-9-22/h4-11,21H,3,12-18H2,1-2H3. The van der Waals surface area contributed by atoms with Crippen LogP contribution in [0.3, 0.4) is 0 Å². The predicted molar refractivity (Wildman–Crippen MR) is 121 cm³/mol. The first-order chi connectivity index (χ1) is 15.0. The molecule has 1 atom stereocenters. The SMILES string of the molecule is COc1ccc(N2CCCN(C(=O)C3CC(=O)N(Cc4ccc(C)cc4)C3)CC2)cc1. The van der Waals surface area contributed by atoms with Crippen molar-refractivity contribution in [2.45, 2.75) is 26.3 Å².